The Morgan fingerprint density at radius 3 is 2.59 bits per heavy atom. The van der Waals surface area contributed by atoms with Crippen molar-refractivity contribution in [2.45, 2.75) is 6.54 Å². The van der Waals surface area contributed by atoms with Gasteiger partial charge in [-0.1, -0.05) is 76.6 Å². The lowest BCUT2D eigenvalue weighted by Gasteiger charge is -2.07. The number of nitrogens with one attached hydrogen (secondary N) is 1. The fourth-order valence-corrected chi connectivity index (χ4v) is 4.30. The summed E-state index contributed by atoms with van der Waals surface area (Å²) < 4.78 is 3.07. The maximum atomic E-state index is 12.4. The second kappa shape index (κ2) is 8.81. The first-order valence-corrected chi connectivity index (χ1v) is 11.1. The molecule has 1 N–H and O–H groups in total. The first-order chi connectivity index (χ1) is 15.7. The molecule has 0 unspecified atom stereocenters. The average Bonchev–Trinajstić information content (AvgIpc) is 3.16. The van der Waals surface area contributed by atoms with Crippen molar-refractivity contribution in [3.63, 3.8) is 0 Å². The van der Waals surface area contributed by atoms with Crippen LogP contribution in [0, 0.1) is 0 Å². The smallest absolute Gasteiger partial charge is 0.271 e. The Morgan fingerprint density at radius 2 is 1.72 bits per heavy atom. The van der Waals surface area contributed by atoms with Gasteiger partial charge < -0.3 is 4.57 Å². The van der Waals surface area contributed by atoms with Crippen molar-refractivity contribution in [3.8, 4) is 0 Å². The summed E-state index contributed by atoms with van der Waals surface area (Å²) in [5.74, 6) is -0.248. The molecular weight excluding hydrogens is 462 g/mol. The molecule has 1 aromatic heterocycles. The van der Waals surface area contributed by atoms with Crippen molar-refractivity contribution in [1.29, 1.82) is 0 Å². The summed E-state index contributed by atoms with van der Waals surface area (Å²) >= 11 is 3.38. The highest BCUT2D eigenvalue weighted by Crippen LogP contribution is 2.23. The van der Waals surface area contributed by atoms with Gasteiger partial charge in [-0.3, -0.25) is 4.79 Å². The lowest BCUT2D eigenvalue weighted by Crippen LogP contribution is -2.17. The molecule has 4 nitrogen and oxygen atoms in total. The third-order valence-corrected chi connectivity index (χ3v) is 5.94. The monoisotopic (exact) mass is 481 g/mol. The third kappa shape index (κ3) is 4.20. The number of hydrogen-bond donors (Lipinski definition) is 1. The SMILES string of the molecule is O=C(N/N=C\c1cn(Cc2ccc3ccccc3c2)c2ccccc12)c1cccc(Br)c1. The fourth-order valence-electron chi connectivity index (χ4n) is 3.90. The molecule has 0 atom stereocenters. The van der Waals surface area contributed by atoms with Crippen molar-refractivity contribution >= 4 is 49.7 Å². The van der Waals surface area contributed by atoms with Crippen LogP contribution in [0.15, 0.2) is 107 Å². The molecule has 5 rings (SSSR count). The van der Waals surface area contributed by atoms with Crippen LogP contribution in [-0.2, 0) is 6.54 Å². The Labute approximate surface area is 194 Å². The number of halogens is 1. The summed E-state index contributed by atoms with van der Waals surface area (Å²) in [4.78, 5) is 12.4. The maximum Gasteiger partial charge on any atom is 0.271 e. The van der Waals surface area contributed by atoms with Gasteiger partial charge in [0.25, 0.3) is 5.91 Å². The van der Waals surface area contributed by atoms with Gasteiger partial charge in [0.05, 0.1) is 6.21 Å². The normalized spacial score (nSPS) is 11.4. The topological polar surface area (TPSA) is 46.4 Å². The Morgan fingerprint density at radius 1 is 0.906 bits per heavy atom. The van der Waals surface area contributed by atoms with E-state index in [-0.39, 0.29) is 5.91 Å². The van der Waals surface area contributed by atoms with Crippen LogP contribution < -0.4 is 5.43 Å². The number of aromatic nitrogens is 1. The van der Waals surface area contributed by atoms with Gasteiger partial charge in [-0.25, -0.2) is 5.43 Å². The molecule has 1 amide bonds. The summed E-state index contributed by atoms with van der Waals surface area (Å²) in [5.41, 5.74) is 6.48. The van der Waals surface area contributed by atoms with Crippen LogP contribution in [0.4, 0.5) is 0 Å². The van der Waals surface area contributed by atoms with E-state index in [9.17, 15) is 4.79 Å². The molecule has 0 saturated carbocycles. The first kappa shape index (κ1) is 20.2. The van der Waals surface area contributed by atoms with Crippen LogP contribution in [0.25, 0.3) is 21.7 Å². The van der Waals surface area contributed by atoms with Crippen LogP contribution in [0.1, 0.15) is 21.5 Å². The largest absolute Gasteiger partial charge is 0.342 e. The van der Waals surface area contributed by atoms with Crippen LogP contribution in [-0.4, -0.2) is 16.7 Å². The Kier molecular flexibility index (Phi) is 5.57. The molecule has 0 aliphatic heterocycles. The lowest BCUT2D eigenvalue weighted by atomic mass is 10.1. The molecular formula is C27H20BrN3O. The number of amides is 1. The van der Waals surface area contributed by atoms with E-state index >= 15 is 0 Å². The molecule has 0 aliphatic rings. The molecule has 5 aromatic rings. The van der Waals surface area contributed by atoms with E-state index in [1.54, 1.807) is 18.3 Å². The van der Waals surface area contributed by atoms with E-state index in [0.29, 0.717) is 5.56 Å². The van der Waals surface area contributed by atoms with Gasteiger partial charge in [0, 0.05) is 39.2 Å². The lowest BCUT2D eigenvalue weighted by molar-refractivity contribution is 0.0955. The minimum atomic E-state index is -0.248. The van der Waals surface area contributed by atoms with Crippen LogP contribution in [0.2, 0.25) is 0 Å². The minimum absolute atomic E-state index is 0.248. The van der Waals surface area contributed by atoms with Crippen molar-refractivity contribution < 1.29 is 4.79 Å². The number of carbonyl (C=O) groups is 1. The summed E-state index contributed by atoms with van der Waals surface area (Å²) in [6, 6.07) is 30.4. The zero-order chi connectivity index (χ0) is 21.9. The quantitative estimate of drug-likeness (QED) is 0.230. The zero-order valence-corrected chi connectivity index (χ0v) is 18.8. The number of hydrogen-bond acceptors (Lipinski definition) is 2. The molecule has 0 bridgehead atoms. The number of nitrogens with zero attached hydrogens (tertiary/aromatic N) is 2. The van der Waals surface area contributed by atoms with Gasteiger partial charge in [0.15, 0.2) is 0 Å². The molecule has 4 aromatic carbocycles. The van der Waals surface area contributed by atoms with Gasteiger partial charge in [0.1, 0.15) is 0 Å². The summed E-state index contributed by atoms with van der Waals surface area (Å²) in [6.45, 7) is 0.754. The van der Waals surface area contributed by atoms with Gasteiger partial charge in [-0.05, 0) is 46.7 Å². The number of benzene rings is 4. The van der Waals surface area contributed by atoms with Crippen molar-refractivity contribution in [2.24, 2.45) is 5.10 Å². The summed E-state index contributed by atoms with van der Waals surface area (Å²) in [6.07, 6.45) is 3.78. The molecule has 32 heavy (non-hydrogen) atoms. The van der Waals surface area contributed by atoms with Gasteiger partial charge in [-0.2, -0.15) is 5.10 Å². The highest BCUT2D eigenvalue weighted by molar-refractivity contribution is 9.10. The Balaban J connectivity index is 1.40. The number of hydrazone groups is 1. The van der Waals surface area contributed by atoms with Crippen LogP contribution in [0.5, 0.6) is 0 Å². The summed E-state index contributed by atoms with van der Waals surface area (Å²) in [5, 5.41) is 7.77. The standard InChI is InChI=1S/C27H20BrN3O/c28-24-9-5-8-22(15-24)27(32)30-29-16-23-18-31(26-11-4-3-10-25(23)26)17-19-12-13-20-6-1-2-7-21(20)14-19/h1-16,18H,17H2,(H,30,32)/b29-16-. The molecule has 0 radical (unpaired) electrons. The predicted molar refractivity (Wildman–Crippen MR) is 134 cm³/mol. The van der Waals surface area contributed by atoms with E-state index in [1.807, 2.05) is 24.3 Å². The molecule has 0 spiro atoms. The molecule has 0 aliphatic carbocycles. The second-order valence-corrected chi connectivity index (χ2v) is 8.54. The third-order valence-electron chi connectivity index (χ3n) is 5.44. The molecule has 0 fully saturated rings. The van der Waals surface area contributed by atoms with Crippen LogP contribution in [0.3, 0.4) is 0 Å². The fraction of sp³-hybridized carbons (Fsp3) is 0.0370. The predicted octanol–water partition coefficient (Wildman–Crippen LogP) is 6.37. The molecule has 1 heterocycles. The number of fused-ring (bicyclic) bond motifs is 2. The first-order valence-electron chi connectivity index (χ1n) is 10.3. The maximum absolute atomic E-state index is 12.4. The zero-order valence-electron chi connectivity index (χ0n) is 17.2. The second-order valence-electron chi connectivity index (χ2n) is 7.62. The molecule has 5 heteroatoms. The van der Waals surface area contributed by atoms with E-state index in [2.05, 4.69) is 91.8 Å². The van der Waals surface area contributed by atoms with Crippen molar-refractivity contribution in [2.75, 3.05) is 0 Å². The number of carbonyl (C=O) groups excluding carboxylic acids is 1. The average molecular weight is 482 g/mol. The molecule has 156 valence electrons. The number of rotatable bonds is 5. The Bertz CT molecular complexity index is 1470. The van der Waals surface area contributed by atoms with E-state index in [0.717, 1.165) is 27.5 Å². The van der Waals surface area contributed by atoms with Crippen molar-refractivity contribution in [3.05, 3.63) is 118 Å². The van der Waals surface area contributed by atoms with Crippen LogP contribution >= 0.6 is 15.9 Å². The minimum Gasteiger partial charge on any atom is -0.342 e. The highest BCUT2D eigenvalue weighted by atomic mass is 79.9. The highest BCUT2D eigenvalue weighted by Gasteiger charge is 2.08. The van der Waals surface area contributed by atoms with E-state index in [1.165, 1.54) is 16.3 Å². The van der Waals surface area contributed by atoms with E-state index < -0.39 is 0 Å². The molecule has 0 saturated heterocycles. The van der Waals surface area contributed by atoms with Gasteiger partial charge in [0.2, 0.25) is 0 Å². The Hall–Kier alpha value is -3.70. The van der Waals surface area contributed by atoms with Crippen molar-refractivity contribution in [1.82, 2.24) is 9.99 Å². The van der Waals surface area contributed by atoms with Gasteiger partial charge in [-0.15, -0.1) is 0 Å². The number of para-hydroxylation sites is 1. The van der Waals surface area contributed by atoms with E-state index in [4.69, 9.17) is 0 Å². The summed E-state index contributed by atoms with van der Waals surface area (Å²) in [7, 11) is 0. The van der Waals surface area contributed by atoms with Gasteiger partial charge >= 0.3 is 0 Å².